The lowest BCUT2D eigenvalue weighted by Gasteiger charge is -2.18. The summed E-state index contributed by atoms with van der Waals surface area (Å²) >= 11 is 0. The zero-order valence-corrected chi connectivity index (χ0v) is 13.4. The number of nitrogens with two attached hydrogens (primary N) is 1. The van der Waals surface area contributed by atoms with E-state index in [0.29, 0.717) is 30.3 Å². The third-order valence-corrected chi connectivity index (χ3v) is 3.44. The van der Waals surface area contributed by atoms with Crippen molar-refractivity contribution in [2.45, 2.75) is 25.7 Å². The highest BCUT2D eigenvalue weighted by atomic mass is 16.5. The standard InChI is InChI=1S/C18H21NO5/c1-2-23-15-10-13(16(20)17(21)18(19)22)8-9-14(15)24-11-12-6-4-3-5-7-12/h3-10,16-17,20-21H,2,11H2,1H3,(H2,19,22). The summed E-state index contributed by atoms with van der Waals surface area (Å²) in [6.07, 6.45) is -3.11. The van der Waals surface area contributed by atoms with E-state index >= 15 is 0 Å². The maximum Gasteiger partial charge on any atom is 0.249 e. The monoisotopic (exact) mass is 331 g/mol. The van der Waals surface area contributed by atoms with Gasteiger partial charge >= 0.3 is 0 Å². The van der Waals surface area contributed by atoms with Gasteiger partial charge in [-0.05, 0) is 30.2 Å². The van der Waals surface area contributed by atoms with Gasteiger partial charge in [0.05, 0.1) is 6.61 Å². The SMILES string of the molecule is CCOc1cc(C(O)C(O)C(N)=O)ccc1OCc1ccccc1. The number of hydrogen-bond donors (Lipinski definition) is 3. The molecule has 4 N–H and O–H groups in total. The highest BCUT2D eigenvalue weighted by Gasteiger charge is 2.24. The van der Waals surface area contributed by atoms with Crippen LogP contribution >= 0.6 is 0 Å². The lowest BCUT2D eigenvalue weighted by molar-refractivity contribution is -0.131. The summed E-state index contributed by atoms with van der Waals surface area (Å²) in [6, 6.07) is 14.4. The Morgan fingerprint density at radius 3 is 2.42 bits per heavy atom. The van der Waals surface area contributed by atoms with Gasteiger partial charge in [0.25, 0.3) is 0 Å². The molecule has 0 aromatic heterocycles. The van der Waals surface area contributed by atoms with Crippen LogP contribution < -0.4 is 15.2 Å². The average molecular weight is 331 g/mol. The molecule has 0 saturated heterocycles. The Bertz CT molecular complexity index is 674. The molecule has 0 bridgehead atoms. The van der Waals surface area contributed by atoms with E-state index in [4.69, 9.17) is 15.2 Å². The topological polar surface area (TPSA) is 102 Å². The number of hydrogen-bond acceptors (Lipinski definition) is 5. The first kappa shape index (κ1) is 17.8. The second-order valence-electron chi connectivity index (χ2n) is 5.21. The average Bonchev–Trinajstić information content (AvgIpc) is 2.60. The molecule has 0 aliphatic heterocycles. The van der Waals surface area contributed by atoms with Crippen LogP contribution in [0.2, 0.25) is 0 Å². The van der Waals surface area contributed by atoms with Gasteiger partial charge in [-0.3, -0.25) is 4.79 Å². The Labute approximate surface area is 140 Å². The Hall–Kier alpha value is -2.57. The molecule has 6 heteroatoms. The maximum atomic E-state index is 11.0. The van der Waals surface area contributed by atoms with Crippen LogP contribution in [0.25, 0.3) is 0 Å². The molecule has 128 valence electrons. The molecule has 1 amide bonds. The largest absolute Gasteiger partial charge is 0.490 e. The van der Waals surface area contributed by atoms with Gasteiger partial charge in [0.1, 0.15) is 12.7 Å². The van der Waals surface area contributed by atoms with E-state index in [0.717, 1.165) is 5.56 Å². The van der Waals surface area contributed by atoms with Crippen LogP contribution in [0.1, 0.15) is 24.2 Å². The van der Waals surface area contributed by atoms with Gasteiger partial charge in [0, 0.05) is 0 Å². The second kappa shape index (κ2) is 8.33. The summed E-state index contributed by atoms with van der Waals surface area (Å²) in [7, 11) is 0. The van der Waals surface area contributed by atoms with Gasteiger partial charge in [-0.25, -0.2) is 0 Å². The lowest BCUT2D eigenvalue weighted by Crippen LogP contribution is -2.33. The molecule has 2 rings (SSSR count). The number of benzene rings is 2. The fourth-order valence-electron chi connectivity index (χ4n) is 2.17. The van der Waals surface area contributed by atoms with Crippen molar-refractivity contribution in [1.29, 1.82) is 0 Å². The predicted octanol–water partition coefficient (Wildman–Crippen LogP) is 1.54. The van der Waals surface area contributed by atoms with Crippen molar-refractivity contribution in [2.75, 3.05) is 6.61 Å². The number of ether oxygens (including phenoxy) is 2. The number of amides is 1. The molecule has 0 spiro atoms. The minimum Gasteiger partial charge on any atom is -0.490 e. The van der Waals surface area contributed by atoms with Crippen molar-refractivity contribution >= 4 is 5.91 Å². The van der Waals surface area contributed by atoms with Gasteiger partial charge in [-0.2, -0.15) is 0 Å². The smallest absolute Gasteiger partial charge is 0.249 e. The Morgan fingerprint density at radius 2 is 1.79 bits per heavy atom. The van der Waals surface area contributed by atoms with E-state index in [1.807, 2.05) is 37.3 Å². The molecule has 2 aromatic carbocycles. The van der Waals surface area contributed by atoms with E-state index in [-0.39, 0.29) is 0 Å². The molecule has 0 heterocycles. The van der Waals surface area contributed by atoms with Crippen molar-refractivity contribution in [3.05, 3.63) is 59.7 Å². The van der Waals surface area contributed by atoms with Crippen LogP contribution in [-0.4, -0.2) is 28.8 Å². The zero-order valence-electron chi connectivity index (χ0n) is 13.4. The highest BCUT2D eigenvalue weighted by molar-refractivity contribution is 5.79. The summed E-state index contributed by atoms with van der Waals surface area (Å²) in [5, 5.41) is 19.6. The first-order valence-electron chi connectivity index (χ1n) is 7.61. The third kappa shape index (κ3) is 4.47. The van der Waals surface area contributed by atoms with Crippen molar-refractivity contribution in [2.24, 2.45) is 5.73 Å². The summed E-state index contributed by atoms with van der Waals surface area (Å²) in [6.45, 7) is 2.59. The molecular formula is C18H21NO5. The van der Waals surface area contributed by atoms with Gasteiger partial charge in [0.15, 0.2) is 17.6 Å². The molecule has 2 atom stereocenters. The van der Waals surface area contributed by atoms with Crippen molar-refractivity contribution in [3.63, 3.8) is 0 Å². The maximum absolute atomic E-state index is 11.0. The quantitative estimate of drug-likeness (QED) is 0.681. The van der Waals surface area contributed by atoms with Crippen molar-refractivity contribution in [1.82, 2.24) is 0 Å². The molecule has 6 nitrogen and oxygen atoms in total. The molecule has 0 aliphatic carbocycles. The molecule has 0 aliphatic rings. The Kier molecular flexibility index (Phi) is 6.17. The van der Waals surface area contributed by atoms with Gasteiger partial charge in [-0.15, -0.1) is 0 Å². The van der Waals surface area contributed by atoms with Crippen LogP contribution in [-0.2, 0) is 11.4 Å². The van der Waals surface area contributed by atoms with E-state index in [2.05, 4.69) is 0 Å². The Morgan fingerprint density at radius 1 is 1.08 bits per heavy atom. The normalized spacial score (nSPS) is 13.1. The summed E-state index contributed by atoms with van der Waals surface area (Å²) in [5.74, 6) is -0.0725. The van der Waals surface area contributed by atoms with Crippen LogP contribution in [0, 0.1) is 0 Å². The predicted molar refractivity (Wildman–Crippen MR) is 88.5 cm³/mol. The molecule has 24 heavy (non-hydrogen) atoms. The van der Waals surface area contributed by atoms with Crippen LogP contribution in [0.4, 0.5) is 0 Å². The fourth-order valence-corrected chi connectivity index (χ4v) is 2.17. The lowest BCUT2D eigenvalue weighted by atomic mass is 10.0. The third-order valence-electron chi connectivity index (χ3n) is 3.44. The molecule has 2 aromatic rings. The zero-order chi connectivity index (χ0) is 17.5. The number of rotatable bonds is 8. The van der Waals surface area contributed by atoms with Crippen molar-refractivity contribution < 1.29 is 24.5 Å². The molecule has 2 unspecified atom stereocenters. The van der Waals surface area contributed by atoms with Gasteiger partial charge < -0.3 is 25.4 Å². The van der Waals surface area contributed by atoms with Gasteiger partial charge in [-0.1, -0.05) is 36.4 Å². The van der Waals surface area contributed by atoms with E-state index in [1.54, 1.807) is 12.1 Å². The van der Waals surface area contributed by atoms with Crippen LogP contribution in [0.5, 0.6) is 11.5 Å². The minimum atomic E-state index is -1.68. The first-order chi connectivity index (χ1) is 11.5. The number of carbonyl (C=O) groups excluding carboxylic acids is 1. The summed E-state index contributed by atoms with van der Waals surface area (Å²) in [4.78, 5) is 11.0. The summed E-state index contributed by atoms with van der Waals surface area (Å²) < 4.78 is 11.3. The highest BCUT2D eigenvalue weighted by Crippen LogP contribution is 2.32. The molecule has 0 fully saturated rings. The van der Waals surface area contributed by atoms with E-state index in [9.17, 15) is 15.0 Å². The fraction of sp³-hybridized carbons (Fsp3) is 0.278. The number of aliphatic hydroxyl groups is 2. The van der Waals surface area contributed by atoms with Gasteiger partial charge in [0.2, 0.25) is 5.91 Å². The van der Waals surface area contributed by atoms with E-state index in [1.165, 1.54) is 6.07 Å². The van der Waals surface area contributed by atoms with Crippen LogP contribution in [0.15, 0.2) is 48.5 Å². The summed E-state index contributed by atoms with van der Waals surface area (Å²) in [5.41, 5.74) is 6.33. The van der Waals surface area contributed by atoms with Crippen molar-refractivity contribution in [3.8, 4) is 11.5 Å². The Balaban J connectivity index is 2.18. The van der Waals surface area contributed by atoms with E-state index < -0.39 is 18.1 Å². The molecule has 0 saturated carbocycles. The first-order valence-corrected chi connectivity index (χ1v) is 7.61. The number of primary amides is 1. The second-order valence-corrected chi connectivity index (χ2v) is 5.21. The number of carbonyl (C=O) groups is 1. The molecular weight excluding hydrogens is 310 g/mol. The number of aliphatic hydroxyl groups excluding tert-OH is 2. The molecule has 0 radical (unpaired) electrons. The minimum absolute atomic E-state index is 0.316. The van der Waals surface area contributed by atoms with Crippen LogP contribution in [0.3, 0.4) is 0 Å².